The summed E-state index contributed by atoms with van der Waals surface area (Å²) in [5.41, 5.74) is 4.07. The van der Waals surface area contributed by atoms with Crippen LogP contribution < -0.4 is 10.1 Å². The van der Waals surface area contributed by atoms with Crippen LogP contribution in [0.4, 0.5) is 0 Å². The first-order valence-corrected chi connectivity index (χ1v) is 7.04. The molecular weight excluding hydrogens is 266 g/mol. The van der Waals surface area contributed by atoms with Crippen LogP contribution in [0, 0.1) is 13.8 Å². The molecule has 1 atom stereocenters. The highest BCUT2D eigenvalue weighted by atomic mass is 16.5. The van der Waals surface area contributed by atoms with Crippen LogP contribution in [0.2, 0.25) is 0 Å². The van der Waals surface area contributed by atoms with Crippen molar-refractivity contribution in [2.45, 2.75) is 26.5 Å². The van der Waals surface area contributed by atoms with Crippen molar-refractivity contribution in [2.75, 3.05) is 13.7 Å². The first kappa shape index (κ1) is 15.5. The average molecular weight is 289 g/mol. The van der Waals surface area contributed by atoms with Gasteiger partial charge < -0.3 is 15.2 Å². The Morgan fingerprint density at radius 3 is 2.57 bits per heavy atom. The summed E-state index contributed by atoms with van der Waals surface area (Å²) in [5, 5.41) is 17.8. The lowest BCUT2D eigenvalue weighted by atomic mass is 10.1. The van der Waals surface area contributed by atoms with Gasteiger partial charge in [-0.1, -0.05) is 29.8 Å². The van der Waals surface area contributed by atoms with Gasteiger partial charge in [0.2, 0.25) is 5.88 Å². The van der Waals surface area contributed by atoms with Crippen molar-refractivity contribution in [3.05, 3.63) is 46.6 Å². The molecule has 0 aliphatic rings. The zero-order valence-corrected chi connectivity index (χ0v) is 13.1. The summed E-state index contributed by atoms with van der Waals surface area (Å²) in [5.74, 6) is 0.754. The molecule has 0 bridgehead atoms. The number of rotatable bonds is 6. The minimum absolute atomic E-state index is 0.487. The lowest BCUT2D eigenvalue weighted by Gasteiger charge is -2.13. The van der Waals surface area contributed by atoms with Crippen LogP contribution in [0.15, 0.2) is 24.3 Å². The Morgan fingerprint density at radius 1 is 1.29 bits per heavy atom. The van der Waals surface area contributed by atoms with E-state index >= 15 is 0 Å². The summed E-state index contributed by atoms with van der Waals surface area (Å²) in [6.45, 7) is 5.09. The predicted octanol–water partition coefficient (Wildman–Crippen LogP) is 1.87. The summed E-state index contributed by atoms with van der Waals surface area (Å²) < 4.78 is 7.08. The van der Waals surface area contributed by atoms with Crippen molar-refractivity contribution in [3.8, 4) is 5.88 Å². The minimum atomic E-state index is -0.520. The molecule has 0 radical (unpaired) electrons. The van der Waals surface area contributed by atoms with Crippen molar-refractivity contribution in [1.29, 1.82) is 0 Å². The molecule has 0 aliphatic heterocycles. The maximum atomic E-state index is 10.2. The van der Waals surface area contributed by atoms with Crippen LogP contribution in [0.1, 0.15) is 28.5 Å². The van der Waals surface area contributed by atoms with Crippen LogP contribution in [0.25, 0.3) is 0 Å². The first-order valence-electron chi connectivity index (χ1n) is 7.04. The molecule has 5 nitrogen and oxygen atoms in total. The van der Waals surface area contributed by atoms with Gasteiger partial charge in [-0.25, -0.2) is 4.68 Å². The molecule has 1 aromatic heterocycles. The highest BCUT2D eigenvalue weighted by Crippen LogP contribution is 2.20. The van der Waals surface area contributed by atoms with Crippen molar-refractivity contribution in [3.63, 3.8) is 0 Å². The zero-order valence-electron chi connectivity index (χ0n) is 13.1. The van der Waals surface area contributed by atoms with E-state index in [1.165, 1.54) is 5.56 Å². The molecule has 114 valence electrons. The van der Waals surface area contributed by atoms with Crippen molar-refractivity contribution in [2.24, 2.45) is 7.05 Å². The third kappa shape index (κ3) is 3.62. The zero-order chi connectivity index (χ0) is 15.4. The first-order chi connectivity index (χ1) is 10.0. The van der Waals surface area contributed by atoms with Crippen molar-refractivity contribution < 1.29 is 9.84 Å². The number of nitrogens with one attached hydrogen (secondary N) is 1. The normalized spacial score (nSPS) is 12.4. The number of benzene rings is 1. The van der Waals surface area contributed by atoms with E-state index < -0.39 is 6.10 Å². The van der Waals surface area contributed by atoms with Gasteiger partial charge in [0.15, 0.2) is 0 Å². The van der Waals surface area contributed by atoms with Crippen LogP contribution >= 0.6 is 0 Å². The Kier molecular flexibility index (Phi) is 4.98. The van der Waals surface area contributed by atoms with Crippen LogP contribution in [0.3, 0.4) is 0 Å². The van der Waals surface area contributed by atoms with Gasteiger partial charge in [-0.15, -0.1) is 0 Å². The summed E-state index contributed by atoms with van der Waals surface area (Å²) in [6.07, 6.45) is -0.520. The lowest BCUT2D eigenvalue weighted by Crippen LogP contribution is -2.21. The molecular formula is C16H23N3O2. The molecule has 2 rings (SSSR count). The van der Waals surface area contributed by atoms with E-state index in [4.69, 9.17) is 4.74 Å². The Balaban J connectivity index is 1.94. The summed E-state index contributed by atoms with van der Waals surface area (Å²) in [6, 6.07) is 7.93. The second-order valence-electron chi connectivity index (χ2n) is 5.25. The number of hydrogen-bond donors (Lipinski definition) is 2. The van der Waals surface area contributed by atoms with Gasteiger partial charge in [0, 0.05) is 20.1 Å². The van der Waals surface area contributed by atoms with Gasteiger partial charge >= 0.3 is 0 Å². The molecule has 1 heterocycles. The maximum Gasteiger partial charge on any atom is 0.216 e. The fraction of sp³-hybridized carbons (Fsp3) is 0.438. The number of ether oxygens (including phenoxy) is 1. The second kappa shape index (κ2) is 6.74. The Labute approximate surface area is 125 Å². The van der Waals surface area contributed by atoms with Crippen molar-refractivity contribution >= 4 is 0 Å². The highest BCUT2D eigenvalue weighted by Gasteiger charge is 2.14. The van der Waals surface area contributed by atoms with E-state index in [1.807, 2.05) is 45.2 Å². The number of aryl methyl sites for hydroxylation is 3. The third-order valence-corrected chi connectivity index (χ3v) is 3.58. The molecule has 0 saturated carbocycles. The lowest BCUT2D eigenvalue weighted by molar-refractivity contribution is 0.174. The topological polar surface area (TPSA) is 59.3 Å². The number of methoxy groups -OCH3 is 1. The number of hydrogen-bond acceptors (Lipinski definition) is 4. The van der Waals surface area contributed by atoms with Gasteiger partial charge in [-0.05, 0) is 19.4 Å². The molecule has 0 aliphatic carbocycles. The van der Waals surface area contributed by atoms with Gasteiger partial charge in [-0.3, -0.25) is 0 Å². The summed E-state index contributed by atoms with van der Waals surface area (Å²) in [4.78, 5) is 0. The molecule has 2 N–H and O–H groups in total. The molecule has 0 spiro atoms. The van der Waals surface area contributed by atoms with Crippen molar-refractivity contribution in [1.82, 2.24) is 15.1 Å². The number of nitrogens with zero attached hydrogens (tertiary/aromatic N) is 2. The van der Waals surface area contributed by atoms with Crippen LogP contribution in [-0.2, 0) is 13.6 Å². The average Bonchev–Trinajstić information content (AvgIpc) is 2.73. The molecule has 1 unspecified atom stereocenters. The van der Waals surface area contributed by atoms with E-state index in [-0.39, 0.29) is 0 Å². The molecule has 21 heavy (non-hydrogen) atoms. The number of aromatic nitrogens is 2. The van der Waals surface area contributed by atoms with E-state index in [0.29, 0.717) is 13.1 Å². The molecule has 2 aromatic rings. The minimum Gasteiger partial charge on any atom is -0.481 e. The molecule has 0 saturated heterocycles. The Morgan fingerprint density at radius 2 is 1.95 bits per heavy atom. The van der Waals surface area contributed by atoms with Gasteiger partial charge in [-0.2, -0.15) is 5.10 Å². The Hall–Kier alpha value is -1.85. The fourth-order valence-electron chi connectivity index (χ4n) is 2.38. The summed E-state index contributed by atoms with van der Waals surface area (Å²) >= 11 is 0. The number of aliphatic hydroxyl groups excluding tert-OH is 1. The van der Waals surface area contributed by atoms with E-state index in [9.17, 15) is 5.11 Å². The number of aliphatic hydroxyl groups is 1. The third-order valence-electron chi connectivity index (χ3n) is 3.58. The molecule has 1 aromatic carbocycles. The van der Waals surface area contributed by atoms with Gasteiger partial charge in [0.1, 0.15) is 0 Å². The Bertz CT molecular complexity index is 590. The van der Waals surface area contributed by atoms with E-state index in [0.717, 1.165) is 22.7 Å². The fourth-order valence-corrected chi connectivity index (χ4v) is 2.38. The van der Waals surface area contributed by atoms with E-state index in [2.05, 4.69) is 10.4 Å². The monoisotopic (exact) mass is 289 g/mol. The molecule has 5 heteroatoms. The largest absolute Gasteiger partial charge is 0.481 e. The smallest absolute Gasteiger partial charge is 0.216 e. The van der Waals surface area contributed by atoms with Gasteiger partial charge in [0.25, 0.3) is 0 Å². The SMILES string of the molecule is COc1c(CNCC(O)c2ccc(C)cc2)c(C)nn1C. The van der Waals surface area contributed by atoms with Gasteiger partial charge in [0.05, 0.1) is 24.5 Å². The maximum absolute atomic E-state index is 10.2. The van der Waals surface area contributed by atoms with Crippen LogP contribution in [-0.4, -0.2) is 28.5 Å². The standard InChI is InChI=1S/C16H23N3O2/c1-11-5-7-13(8-6-11)15(20)10-17-9-14-12(2)18-19(3)16(14)21-4/h5-8,15,17,20H,9-10H2,1-4H3. The molecule has 0 fully saturated rings. The highest BCUT2D eigenvalue weighted by molar-refractivity contribution is 5.30. The quantitative estimate of drug-likeness (QED) is 0.852. The predicted molar refractivity (Wildman–Crippen MR) is 82.3 cm³/mol. The molecule has 0 amide bonds. The second-order valence-corrected chi connectivity index (χ2v) is 5.25. The summed E-state index contributed by atoms with van der Waals surface area (Å²) in [7, 11) is 3.50. The van der Waals surface area contributed by atoms with E-state index in [1.54, 1.807) is 11.8 Å². The van der Waals surface area contributed by atoms with Crippen LogP contribution in [0.5, 0.6) is 5.88 Å².